The lowest BCUT2D eigenvalue weighted by Crippen LogP contribution is -2.55. The van der Waals surface area contributed by atoms with Gasteiger partial charge < -0.3 is 10.2 Å². The number of β-amino-alcohol motifs (C(OH)–C–C–N with tert-alkyl or cyclic N) is 2. The number of nitrogens with zero attached hydrogens (tertiary/aromatic N) is 1. The fraction of sp³-hybridized carbons (Fsp3) is 1.00. The Kier molecular flexibility index (Phi) is 2.52. The summed E-state index contributed by atoms with van der Waals surface area (Å²) in [6, 6.07) is 0. The molecule has 0 radical (unpaired) electrons. The lowest BCUT2D eigenvalue weighted by molar-refractivity contribution is -0.0544. The Hall–Kier alpha value is -0.120. The summed E-state index contributed by atoms with van der Waals surface area (Å²) < 4.78 is 0. The minimum Gasteiger partial charge on any atom is -0.390 e. The van der Waals surface area contributed by atoms with Crippen molar-refractivity contribution in [1.29, 1.82) is 0 Å². The maximum atomic E-state index is 9.62. The third kappa shape index (κ3) is 2.43. The van der Waals surface area contributed by atoms with E-state index in [4.69, 9.17) is 5.11 Å². The molecular formula is C8H17NO2. The fourth-order valence-corrected chi connectivity index (χ4v) is 1.27. The molecule has 1 atom stereocenters. The number of likely N-dealkylation sites (tertiary alicyclic amines) is 1. The molecule has 0 spiro atoms. The summed E-state index contributed by atoms with van der Waals surface area (Å²) in [4.78, 5) is 2.06. The first-order valence-corrected chi connectivity index (χ1v) is 4.16. The molecule has 0 amide bonds. The molecule has 3 nitrogen and oxygen atoms in total. The zero-order chi connectivity index (χ0) is 8.48. The van der Waals surface area contributed by atoms with Gasteiger partial charge in [-0.2, -0.15) is 0 Å². The van der Waals surface area contributed by atoms with Gasteiger partial charge >= 0.3 is 0 Å². The molecule has 0 aromatic heterocycles. The summed E-state index contributed by atoms with van der Waals surface area (Å²) in [5.74, 6) is 0. The van der Waals surface area contributed by atoms with Crippen LogP contribution in [0, 0.1) is 0 Å². The van der Waals surface area contributed by atoms with Gasteiger partial charge in [-0.3, -0.25) is 4.90 Å². The van der Waals surface area contributed by atoms with Gasteiger partial charge in [0.15, 0.2) is 0 Å². The van der Waals surface area contributed by atoms with Crippen LogP contribution in [0.2, 0.25) is 0 Å². The first kappa shape index (κ1) is 8.97. The van der Waals surface area contributed by atoms with Gasteiger partial charge in [0, 0.05) is 19.6 Å². The van der Waals surface area contributed by atoms with Crippen molar-refractivity contribution in [2.75, 3.05) is 19.6 Å². The molecule has 0 saturated carbocycles. The van der Waals surface area contributed by atoms with Gasteiger partial charge in [-0.1, -0.05) is 6.92 Å². The van der Waals surface area contributed by atoms with E-state index in [9.17, 15) is 5.11 Å². The highest BCUT2D eigenvalue weighted by atomic mass is 16.3. The monoisotopic (exact) mass is 159 g/mol. The minimum atomic E-state index is -0.583. The molecule has 0 aromatic rings. The van der Waals surface area contributed by atoms with Crippen LogP contribution in [0.4, 0.5) is 0 Å². The normalized spacial score (nSPS) is 26.2. The quantitative estimate of drug-likeness (QED) is 0.600. The van der Waals surface area contributed by atoms with E-state index in [0.29, 0.717) is 6.54 Å². The van der Waals surface area contributed by atoms with E-state index in [1.54, 1.807) is 0 Å². The Morgan fingerprint density at radius 1 is 1.55 bits per heavy atom. The van der Waals surface area contributed by atoms with Crippen molar-refractivity contribution in [3.8, 4) is 0 Å². The number of rotatable bonds is 3. The molecule has 1 unspecified atom stereocenters. The van der Waals surface area contributed by atoms with Crippen molar-refractivity contribution in [1.82, 2.24) is 4.90 Å². The van der Waals surface area contributed by atoms with Crippen molar-refractivity contribution in [3.05, 3.63) is 0 Å². The highest BCUT2D eigenvalue weighted by Gasteiger charge is 2.30. The Labute approximate surface area is 67.6 Å². The molecule has 11 heavy (non-hydrogen) atoms. The zero-order valence-electron chi connectivity index (χ0n) is 7.25. The molecule has 1 fully saturated rings. The maximum absolute atomic E-state index is 9.62. The summed E-state index contributed by atoms with van der Waals surface area (Å²) in [5, 5.41) is 18.6. The van der Waals surface area contributed by atoms with Crippen LogP contribution in [0.25, 0.3) is 0 Å². The topological polar surface area (TPSA) is 43.7 Å². The Morgan fingerprint density at radius 2 is 2.09 bits per heavy atom. The smallest absolute Gasteiger partial charge is 0.0793 e. The molecule has 3 heteroatoms. The molecule has 2 N–H and O–H groups in total. The third-order valence-electron chi connectivity index (χ3n) is 2.26. The van der Waals surface area contributed by atoms with Crippen LogP contribution in [-0.2, 0) is 0 Å². The number of hydrogen-bond acceptors (Lipinski definition) is 3. The van der Waals surface area contributed by atoms with Gasteiger partial charge in [0.05, 0.1) is 11.7 Å². The molecule has 0 aromatic carbocycles. The second-order valence-electron chi connectivity index (χ2n) is 3.70. The summed E-state index contributed by atoms with van der Waals surface area (Å²) >= 11 is 0. The van der Waals surface area contributed by atoms with Crippen molar-refractivity contribution < 1.29 is 10.2 Å². The average molecular weight is 159 g/mol. The Morgan fingerprint density at radius 3 is 2.45 bits per heavy atom. The van der Waals surface area contributed by atoms with Gasteiger partial charge in [0.1, 0.15) is 0 Å². The van der Waals surface area contributed by atoms with E-state index in [-0.39, 0.29) is 6.10 Å². The maximum Gasteiger partial charge on any atom is 0.0793 e. The van der Waals surface area contributed by atoms with E-state index in [2.05, 4.69) is 4.90 Å². The van der Waals surface area contributed by atoms with Gasteiger partial charge in [-0.25, -0.2) is 0 Å². The van der Waals surface area contributed by atoms with Crippen LogP contribution in [-0.4, -0.2) is 46.5 Å². The summed E-state index contributed by atoms with van der Waals surface area (Å²) in [6.07, 6.45) is 0.599. The van der Waals surface area contributed by atoms with Crippen LogP contribution < -0.4 is 0 Å². The summed E-state index contributed by atoms with van der Waals surface area (Å²) in [7, 11) is 0. The predicted molar refractivity (Wildman–Crippen MR) is 43.4 cm³/mol. The molecule has 1 saturated heterocycles. The van der Waals surface area contributed by atoms with Gasteiger partial charge in [0.2, 0.25) is 0 Å². The number of aliphatic hydroxyl groups excluding tert-OH is 1. The van der Waals surface area contributed by atoms with Gasteiger partial charge in [-0.05, 0) is 13.3 Å². The summed E-state index contributed by atoms with van der Waals surface area (Å²) in [6.45, 7) is 5.92. The van der Waals surface area contributed by atoms with Crippen LogP contribution in [0.15, 0.2) is 0 Å². The van der Waals surface area contributed by atoms with E-state index in [1.165, 1.54) is 0 Å². The van der Waals surface area contributed by atoms with Crippen molar-refractivity contribution in [2.24, 2.45) is 0 Å². The number of hydrogen-bond donors (Lipinski definition) is 2. The lowest BCUT2D eigenvalue weighted by Gasteiger charge is -2.40. The average Bonchev–Trinajstić information content (AvgIpc) is 1.84. The van der Waals surface area contributed by atoms with Gasteiger partial charge in [-0.15, -0.1) is 0 Å². The SMILES string of the molecule is CCC(C)(O)CN1CC(O)C1. The minimum absolute atomic E-state index is 0.164. The molecule has 0 aliphatic carbocycles. The highest BCUT2D eigenvalue weighted by Crippen LogP contribution is 2.15. The zero-order valence-corrected chi connectivity index (χ0v) is 7.25. The second kappa shape index (κ2) is 3.09. The number of aliphatic hydroxyl groups is 2. The Balaban J connectivity index is 2.21. The van der Waals surface area contributed by atoms with Crippen molar-refractivity contribution >= 4 is 0 Å². The van der Waals surface area contributed by atoms with Crippen molar-refractivity contribution in [2.45, 2.75) is 32.0 Å². The van der Waals surface area contributed by atoms with E-state index >= 15 is 0 Å². The predicted octanol–water partition coefficient (Wildman–Crippen LogP) is -0.176. The molecule has 0 bridgehead atoms. The van der Waals surface area contributed by atoms with E-state index < -0.39 is 5.60 Å². The Bertz CT molecular complexity index is 130. The van der Waals surface area contributed by atoms with Gasteiger partial charge in [0.25, 0.3) is 0 Å². The van der Waals surface area contributed by atoms with E-state index in [0.717, 1.165) is 19.5 Å². The first-order chi connectivity index (χ1) is 5.03. The molecular weight excluding hydrogens is 142 g/mol. The third-order valence-corrected chi connectivity index (χ3v) is 2.26. The fourth-order valence-electron chi connectivity index (χ4n) is 1.27. The van der Waals surface area contributed by atoms with E-state index in [1.807, 2.05) is 13.8 Å². The van der Waals surface area contributed by atoms with Crippen LogP contribution in [0.1, 0.15) is 20.3 Å². The second-order valence-corrected chi connectivity index (χ2v) is 3.70. The highest BCUT2D eigenvalue weighted by molar-refractivity contribution is 4.84. The molecule has 1 heterocycles. The van der Waals surface area contributed by atoms with Crippen molar-refractivity contribution in [3.63, 3.8) is 0 Å². The molecule has 1 rings (SSSR count). The lowest BCUT2D eigenvalue weighted by atomic mass is 10.0. The van der Waals surface area contributed by atoms with Crippen LogP contribution in [0.5, 0.6) is 0 Å². The largest absolute Gasteiger partial charge is 0.390 e. The molecule has 1 aliphatic heterocycles. The standard InChI is InChI=1S/C8H17NO2/c1-3-8(2,11)6-9-4-7(10)5-9/h7,10-11H,3-6H2,1-2H3. The molecule has 66 valence electrons. The summed E-state index contributed by atoms with van der Waals surface area (Å²) in [5.41, 5.74) is -0.583. The van der Waals surface area contributed by atoms with Crippen LogP contribution in [0.3, 0.4) is 0 Å². The van der Waals surface area contributed by atoms with Crippen LogP contribution >= 0.6 is 0 Å². The first-order valence-electron chi connectivity index (χ1n) is 4.16. The molecule has 1 aliphatic rings.